The van der Waals surface area contributed by atoms with Crippen molar-refractivity contribution in [3.63, 3.8) is 0 Å². The number of likely N-dealkylation sites (tertiary alicyclic amines) is 1. The smallest absolute Gasteiger partial charge is 0.289 e. The van der Waals surface area contributed by atoms with Crippen molar-refractivity contribution in [2.45, 2.75) is 18.8 Å². The van der Waals surface area contributed by atoms with Crippen LogP contribution in [0.15, 0.2) is 57.7 Å². The average molecular weight is 425 g/mol. The zero-order valence-electron chi connectivity index (χ0n) is 15.4. The van der Waals surface area contributed by atoms with Gasteiger partial charge >= 0.3 is 0 Å². The number of thiazole rings is 1. The first-order valence-corrected chi connectivity index (χ1v) is 10.7. The number of piperidine rings is 1. The second-order valence-corrected chi connectivity index (χ2v) is 8.70. The lowest BCUT2D eigenvalue weighted by Crippen LogP contribution is -2.38. The van der Waals surface area contributed by atoms with Crippen LogP contribution in [-0.2, 0) is 0 Å². The van der Waals surface area contributed by atoms with Crippen LogP contribution in [0.2, 0.25) is 5.02 Å². The molecule has 0 atom stereocenters. The van der Waals surface area contributed by atoms with E-state index in [1.807, 2.05) is 18.2 Å². The fourth-order valence-corrected chi connectivity index (χ4v) is 5.07. The molecular formula is C22H17ClN2O3S. The Hall–Kier alpha value is -2.70. The van der Waals surface area contributed by atoms with Gasteiger partial charge in [0.15, 0.2) is 11.2 Å². The van der Waals surface area contributed by atoms with Gasteiger partial charge in [-0.05, 0) is 43.2 Å². The number of halogens is 1. The number of amides is 1. The van der Waals surface area contributed by atoms with Gasteiger partial charge in [0, 0.05) is 30.1 Å². The first-order valence-electron chi connectivity index (χ1n) is 9.46. The zero-order chi connectivity index (χ0) is 20.0. The Labute approximate surface area is 175 Å². The van der Waals surface area contributed by atoms with Crippen molar-refractivity contribution in [1.82, 2.24) is 9.88 Å². The molecule has 1 amide bonds. The number of hydrogen-bond donors (Lipinski definition) is 0. The van der Waals surface area contributed by atoms with Crippen LogP contribution in [0.25, 0.3) is 21.2 Å². The Bertz CT molecular complexity index is 1290. The zero-order valence-corrected chi connectivity index (χ0v) is 17.0. The van der Waals surface area contributed by atoms with E-state index in [0.717, 1.165) is 28.1 Å². The van der Waals surface area contributed by atoms with E-state index in [1.165, 1.54) is 6.07 Å². The van der Waals surface area contributed by atoms with Crippen LogP contribution < -0.4 is 5.43 Å². The maximum absolute atomic E-state index is 12.9. The number of hydrogen-bond acceptors (Lipinski definition) is 5. The van der Waals surface area contributed by atoms with Crippen LogP contribution in [0, 0.1) is 0 Å². The third-order valence-electron chi connectivity index (χ3n) is 5.34. The van der Waals surface area contributed by atoms with E-state index in [4.69, 9.17) is 21.0 Å². The quantitative estimate of drug-likeness (QED) is 0.450. The van der Waals surface area contributed by atoms with E-state index in [0.29, 0.717) is 35.0 Å². The summed E-state index contributed by atoms with van der Waals surface area (Å²) in [6, 6.07) is 14.0. The number of fused-ring (bicyclic) bond motifs is 2. The molecule has 0 N–H and O–H groups in total. The lowest BCUT2D eigenvalue weighted by Gasteiger charge is -2.30. The minimum absolute atomic E-state index is 0.0989. The van der Waals surface area contributed by atoms with Crippen LogP contribution in [0.1, 0.15) is 34.3 Å². The highest BCUT2D eigenvalue weighted by Crippen LogP contribution is 2.35. The second-order valence-electron chi connectivity index (χ2n) is 7.20. The molecule has 29 heavy (non-hydrogen) atoms. The standard InChI is InChI=1S/C22H17ClN2O3S/c23-14-5-6-20-16(11-14)24-21(29-20)13-7-9-25(10-8-13)22(27)19-12-17(26)15-3-1-2-4-18(15)28-19/h1-6,11-13H,7-10H2. The first-order chi connectivity index (χ1) is 14.1. The Morgan fingerprint density at radius 1 is 1.14 bits per heavy atom. The summed E-state index contributed by atoms with van der Waals surface area (Å²) in [6.45, 7) is 1.22. The molecule has 7 heteroatoms. The van der Waals surface area contributed by atoms with Gasteiger partial charge < -0.3 is 9.32 Å². The van der Waals surface area contributed by atoms with E-state index in [2.05, 4.69) is 0 Å². The summed E-state index contributed by atoms with van der Waals surface area (Å²) in [5.41, 5.74) is 1.17. The molecule has 4 aromatic rings. The summed E-state index contributed by atoms with van der Waals surface area (Å²) >= 11 is 7.75. The SMILES string of the molecule is O=C(c1cc(=O)c2ccccc2o1)N1CCC(c2nc3cc(Cl)ccc3s2)CC1. The number of rotatable bonds is 2. The summed E-state index contributed by atoms with van der Waals surface area (Å²) in [5.74, 6) is 0.183. The number of benzene rings is 2. The molecule has 1 saturated heterocycles. The molecule has 2 aromatic heterocycles. The van der Waals surface area contributed by atoms with Crippen molar-refractivity contribution >= 4 is 50.0 Å². The fourth-order valence-electron chi connectivity index (χ4n) is 3.79. The molecule has 0 radical (unpaired) electrons. The van der Waals surface area contributed by atoms with Crippen molar-refractivity contribution in [3.05, 3.63) is 74.5 Å². The van der Waals surface area contributed by atoms with Crippen LogP contribution in [-0.4, -0.2) is 28.9 Å². The number of carbonyl (C=O) groups is 1. The Morgan fingerprint density at radius 2 is 1.93 bits per heavy atom. The minimum Gasteiger partial charge on any atom is -0.451 e. The lowest BCUT2D eigenvalue weighted by atomic mass is 9.97. The monoisotopic (exact) mass is 424 g/mol. The van der Waals surface area contributed by atoms with Gasteiger partial charge in [-0.15, -0.1) is 11.3 Å². The summed E-state index contributed by atoms with van der Waals surface area (Å²) < 4.78 is 6.83. The number of nitrogens with zero attached hydrogens (tertiary/aromatic N) is 2. The maximum atomic E-state index is 12.9. The third-order valence-corrected chi connectivity index (χ3v) is 6.78. The third kappa shape index (κ3) is 3.43. The molecule has 2 aromatic carbocycles. The molecule has 0 unspecified atom stereocenters. The molecule has 0 bridgehead atoms. The van der Waals surface area contributed by atoms with Crippen molar-refractivity contribution in [1.29, 1.82) is 0 Å². The summed E-state index contributed by atoms with van der Waals surface area (Å²) in [7, 11) is 0. The molecule has 0 aliphatic carbocycles. The summed E-state index contributed by atoms with van der Waals surface area (Å²) in [5, 5.41) is 2.26. The molecule has 0 saturated carbocycles. The first kappa shape index (κ1) is 18.3. The minimum atomic E-state index is -0.234. The molecule has 5 nitrogen and oxygen atoms in total. The van der Waals surface area contributed by atoms with E-state index >= 15 is 0 Å². The van der Waals surface area contributed by atoms with Gasteiger partial charge in [0.05, 0.1) is 20.6 Å². The van der Waals surface area contributed by atoms with Gasteiger partial charge in [0.2, 0.25) is 0 Å². The number of para-hydroxylation sites is 1. The topological polar surface area (TPSA) is 63.4 Å². The molecule has 1 aliphatic rings. The molecule has 1 fully saturated rings. The van der Waals surface area contributed by atoms with Gasteiger partial charge in [-0.2, -0.15) is 0 Å². The van der Waals surface area contributed by atoms with Crippen LogP contribution in [0.3, 0.4) is 0 Å². The molecule has 5 rings (SSSR count). The van der Waals surface area contributed by atoms with Crippen LogP contribution >= 0.6 is 22.9 Å². The number of carbonyl (C=O) groups excluding carboxylic acids is 1. The van der Waals surface area contributed by atoms with Gasteiger partial charge in [-0.25, -0.2) is 4.98 Å². The largest absolute Gasteiger partial charge is 0.451 e. The van der Waals surface area contributed by atoms with E-state index in [1.54, 1.807) is 40.5 Å². The molecule has 0 spiro atoms. The Kier molecular flexibility index (Phi) is 4.60. The van der Waals surface area contributed by atoms with E-state index in [-0.39, 0.29) is 17.1 Å². The molecule has 146 valence electrons. The molecule has 3 heterocycles. The van der Waals surface area contributed by atoms with Gasteiger partial charge in [0.25, 0.3) is 5.91 Å². The molecular weight excluding hydrogens is 408 g/mol. The number of aromatic nitrogens is 1. The van der Waals surface area contributed by atoms with Gasteiger partial charge in [0.1, 0.15) is 5.58 Å². The lowest BCUT2D eigenvalue weighted by molar-refractivity contribution is 0.0681. The summed E-state index contributed by atoms with van der Waals surface area (Å²) in [4.78, 5) is 31.7. The van der Waals surface area contributed by atoms with Gasteiger partial charge in [-0.3, -0.25) is 9.59 Å². The van der Waals surface area contributed by atoms with Crippen molar-refractivity contribution in [2.75, 3.05) is 13.1 Å². The summed E-state index contributed by atoms with van der Waals surface area (Å²) in [6.07, 6.45) is 1.66. The van der Waals surface area contributed by atoms with Crippen LogP contribution in [0.4, 0.5) is 0 Å². The van der Waals surface area contributed by atoms with E-state index < -0.39 is 0 Å². The highest BCUT2D eigenvalue weighted by atomic mass is 35.5. The predicted octanol–water partition coefficient (Wildman–Crippen LogP) is 5.08. The Morgan fingerprint density at radius 3 is 2.76 bits per heavy atom. The maximum Gasteiger partial charge on any atom is 0.289 e. The predicted molar refractivity (Wildman–Crippen MR) is 115 cm³/mol. The average Bonchev–Trinajstić information content (AvgIpc) is 3.16. The van der Waals surface area contributed by atoms with Crippen molar-refractivity contribution in [3.8, 4) is 0 Å². The van der Waals surface area contributed by atoms with Crippen LogP contribution in [0.5, 0.6) is 0 Å². The molecule has 1 aliphatic heterocycles. The van der Waals surface area contributed by atoms with E-state index in [9.17, 15) is 9.59 Å². The second kappa shape index (κ2) is 7.28. The van der Waals surface area contributed by atoms with Gasteiger partial charge in [-0.1, -0.05) is 23.7 Å². The van der Waals surface area contributed by atoms with Crippen molar-refractivity contribution in [2.24, 2.45) is 0 Å². The highest BCUT2D eigenvalue weighted by Gasteiger charge is 2.28. The Balaban J connectivity index is 1.33. The normalized spacial score (nSPS) is 15.3. The fraction of sp³-hybridized carbons (Fsp3) is 0.227. The van der Waals surface area contributed by atoms with Crippen molar-refractivity contribution < 1.29 is 9.21 Å². The highest BCUT2D eigenvalue weighted by molar-refractivity contribution is 7.18.